The minimum absolute atomic E-state index is 0.00366. The molecule has 1 N–H and O–H groups in total. The van der Waals surface area contributed by atoms with Gasteiger partial charge in [0.2, 0.25) is 0 Å². The lowest BCUT2D eigenvalue weighted by atomic mass is 10.3. The van der Waals surface area contributed by atoms with Gasteiger partial charge in [-0.15, -0.1) is 0 Å². The van der Waals surface area contributed by atoms with Crippen LogP contribution in [0.1, 0.15) is 12.5 Å². The summed E-state index contributed by atoms with van der Waals surface area (Å²) in [4.78, 5) is 10.1. The molecule has 0 aliphatic carbocycles. The van der Waals surface area contributed by atoms with Gasteiger partial charge in [0.05, 0.1) is 11.0 Å². The quantitative estimate of drug-likeness (QED) is 0.459. The number of thiophene rings is 1. The molecule has 1 aromatic rings. The molecule has 1 atom stereocenters. The van der Waals surface area contributed by atoms with Crippen molar-refractivity contribution in [3.63, 3.8) is 0 Å². The van der Waals surface area contributed by atoms with E-state index in [1.807, 2.05) is 6.92 Å². The summed E-state index contributed by atoms with van der Waals surface area (Å²) in [6.45, 7) is 2.48. The fraction of sp³-hybridized carbons (Fsp3) is 0.600. The first-order valence-electron chi connectivity index (χ1n) is 5.09. The number of ether oxygens (including phenoxy) is 2. The van der Waals surface area contributed by atoms with Gasteiger partial charge >= 0.3 is 5.00 Å². The van der Waals surface area contributed by atoms with Crippen molar-refractivity contribution in [2.75, 3.05) is 14.2 Å². The van der Waals surface area contributed by atoms with E-state index in [4.69, 9.17) is 9.47 Å². The van der Waals surface area contributed by atoms with Crippen LogP contribution < -0.4 is 5.32 Å². The third-order valence-electron chi connectivity index (χ3n) is 2.32. The van der Waals surface area contributed by atoms with E-state index in [1.165, 1.54) is 0 Å². The normalized spacial score (nSPS) is 12.9. The molecule has 0 fully saturated rings. The Morgan fingerprint density at radius 3 is 2.65 bits per heavy atom. The Balaban J connectivity index is 2.46. The van der Waals surface area contributed by atoms with Crippen molar-refractivity contribution in [3.8, 4) is 0 Å². The highest BCUT2D eigenvalue weighted by Gasteiger charge is 2.16. The highest BCUT2D eigenvalue weighted by Crippen LogP contribution is 2.22. The number of nitro groups is 1. The van der Waals surface area contributed by atoms with Gasteiger partial charge in [0.15, 0.2) is 6.29 Å². The lowest BCUT2D eigenvalue weighted by Crippen LogP contribution is -2.39. The molecule has 0 spiro atoms. The monoisotopic (exact) mass is 260 g/mol. The molecule has 0 aliphatic heterocycles. The number of methoxy groups -OCH3 is 2. The van der Waals surface area contributed by atoms with Crippen molar-refractivity contribution in [1.82, 2.24) is 5.32 Å². The molecule has 7 heteroatoms. The van der Waals surface area contributed by atoms with Crippen LogP contribution in [0.25, 0.3) is 0 Å². The van der Waals surface area contributed by atoms with Crippen LogP contribution in [0.2, 0.25) is 0 Å². The molecule has 1 heterocycles. The highest BCUT2D eigenvalue weighted by atomic mass is 32.1. The molecule has 96 valence electrons. The zero-order valence-corrected chi connectivity index (χ0v) is 10.8. The van der Waals surface area contributed by atoms with E-state index in [1.54, 1.807) is 25.7 Å². The zero-order chi connectivity index (χ0) is 12.8. The standard InChI is InChI=1S/C10H16N2O4S/c1-7(10(15-2)16-3)11-5-8-4-9(12(13)14)17-6-8/h4,6-7,10-11H,5H2,1-3H3. The summed E-state index contributed by atoms with van der Waals surface area (Å²) < 4.78 is 10.2. The maximum Gasteiger partial charge on any atom is 0.324 e. The third-order valence-corrected chi connectivity index (χ3v) is 3.25. The molecule has 0 saturated heterocycles. The van der Waals surface area contributed by atoms with Gasteiger partial charge in [0, 0.05) is 32.2 Å². The van der Waals surface area contributed by atoms with Crippen LogP contribution in [-0.4, -0.2) is 31.5 Å². The van der Waals surface area contributed by atoms with Crippen molar-refractivity contribution in [2.45, 2.75) is 25.8 Å². The molecular formula is C10H16N2O4S. The third kappa shape index (κ3) is 4.04. The Morgan fingerprint density at radius 2 is 2.18 bits per heavy atom. The summed E-state index contributed by atoms with van der Waals surface area (Å²) in [7, 11) is 3.14. The van der Waals surface area contributed by atoms with E-state index in [-0.39, 0.29) is 22.3 Å². The van der Waals surface area contributed by atoms with Crippen LogP contribution in [-0.2, 0) is 16.0 Å². The van der Waals surface area contributed by atoms with Crippen LogP contribution in [0.4, 0.5) is 5.00 Å². The molecule has 1 rings (SSSR count). The molecule has 0 bridgehead atoms. The summed E-state index contributed by atoms with van der Waals surface area (Å²) >= 11 is 1.13. The number of nitrogens with one attached hydrogen (secondary N) is 1. The second kappa shape index (κ2) is 6.65. The minimum atomic E-state index is -0.384. The van der Waals surface area contributed by atoms with Crippen LogP contribution in [0, 0.1) is 10.1 Å². The second-order valence-corrected chi connectivity index (χ2v) is 4.45. The van der Waals surface area contributed by atoms with Gasteiger partial charge in [-0.05, 0) is 12.5 Å². The molecule has 0 amide bonds. The predicted octanol–water partition coefficient (Wildman–Crippen LogP) is 1.75. The summed E-state index contributed by atoms with van der Waals surface area (Å²) in [6.07, 6.45) is -0.330. The lowest BCUT2D eigenvalue weighted by Gasteiger charge is -2.21. The van der Waals surface area contributed by atoms with Crippen LogP contribution in [0.3, 0.4) is 0 Å². The van der Waals surface area contributed by atoms with Crippen molar-refractivity contribution in [3.05, 3.63) is 27.1 Å². The fourth-order valence-corrected chi connectivity index (χ4v) is 2.16. The summed E-state index contributed by atoms with van der Waals surface area (Å²) in [6, 6.07) is 1.57. The van der Waals surface area contributed by atoms with Crippen LogP contribution in [0.5, 0.6) is 0 Å². The highest BCUT2D eigenvalue weighted by molar-refractivity contribution is 7.13. The Kier molecular flexibility index (Phi) is 5.49. The molecule has 6 nitrogen and oxygen atoms in total. The smallest absolute Gasteiger partial charge is 0.324 e. The van der Waals surface area contributed by atoms with Gasteiger partial charge < -0.3 is 14.8 Å². The molecule has 1 aromatic heterocycles. The van der Waals surface area contributed by atoms with E-state index in [9.17, 15) is 10.1 Å². The van der Waals surface area contributed by atoms with Crippen LogP contribution >= 0.6 is 11.3 Å². The van der Waals surface area contributed by atoms with Crippen LogP contribution in [0.15, 0.2) is 11.4 Å². The Bertz CT molecular complexity index is 365. The summed E-state index contributed by atoms with van der Waals surface area (Å²) in [5.74, 6) is 0. The van der Waals surface area contributed by atoms with Crippen molar-refractivity contribution < 1.29 is 14.4 Å². The first-order valence-corrected chi connectivity index (χ1v) is 5.97. The van der Waals surface area contributed by atoms with Gasteiger partial charge in [-0.3, -0.25) is 10.1 Å². The first-order chi connectivity index (χ1) is 8.08. The van der Waals surface area contributed by atoms with Crippen molar-refractivity contribution in [1.29, 1.82) is 0 Å². The second-order valence-electron chi connectivity index (χ2n) is 3.56. The molecule has 17 heavy (non-hydrogen) atoms. The first kappa shape index (κ1) is 14.0. The van der Waals surface area contributed by atoms with E-state index >= 15 is 0 Å². The number of rotatable bonds is 7. The van der Waals surface area contributed by atoms with Gasteiger partial charge in [0.1, 0.15) is 0 Å². The lowest BCUT2D eigenvalue weighted by molar-refractivity contribution is -0.380. The number of nitrogens with zero attached hydrogens (tertiary/aromatic N) is 1. The Labute approximate surface area is 104 Å². The molecule has 0 radical (unpaired) electrons. The van der Waals surface area contributed by atoms with E-state index in [2.05, 4.69) is 5.32 Å². The van der Waals surface area contributed by atoms with Gasteiger partial charge in [-0.25, -0.2) is 0 Å². The van der Waals surface area contributed by atoms with E-state index in [0.29, 0.717) is 6.54 Å². The average molecular weight is 260 g/mol. The fourth-order valence-electron chi connectivity index (χ4n) is 1.43. The largest absolute Gasteiger partial charge is 0.354 e. The Hall–Kier alpha value is -1.02. The zero-order valence-electron chi connectivity index (χ0n) is 10.0. The van der Waals surface area contributed by atoms with E-state index < -0.39 is 0 Å². The van der Waals surface area contributed by atoms with Gasteiger partial charge in [-0.2, -0.15) is 0 Å². The average Bonchev–Trinajstić information content (AvgIpc) is 2.76. The Morgan fingerprint density at radius 1 is 1.53 bits per heavy atom. The van der Waals surface area contributed by atoms with Crippen molar-refractivity contribution >= 4 is 16.3 Å². The summed E-state index contributed by atoms with van der Waals surface area (Å²) in [5, 5.41) is 15.6. The molecule has 0 saturated carbocycles. The summed E-state index contributed by atoms with van der Waals surface area (Å²) in [5.41, 5.74) is 0.888. The number of hydrogen-bond acceptors (Lipinski definition) is 6. The molecular weight excluding hydrogens is 244 g/mol. The minimum Gasteiger partial charge on any atom is -0.354 e. The maximum atomic E-state index is 10.5. The topological polar surface area (TPSA) is 73.6 Å². The predicted molar refractivity (Wildman–Crippen MR) is 65.1 cm³/mol. The van der Waals surface area contributed by atoms with E-state index in [0.717, 1.165) is 16.9 Å². The SMILES string of the molecule is COC(OC)C(C)NCc1csc([N+](=O)[O-])c1. The molecule has 1 unspecified atom stereocenters. The number of hydrogen-bond donors (Lipinski definition) is 1. The van der Waals surface area contributed by atoms with Gasteiger partial charge in [-0.1, -0.05) is 11.3 Å². The van der Waals surface area contributed by atoms with Gasteiger partial charge in [0.25, 0.3) is 0 Å². The maximum absolute atomic E-state index is 10.5. The molecule has 0 aliphatic rings. The van der Waals surface area contributed by atoms with Crippen molar-refractivity contribution in [2.24, 2.45) is 0 Å². The molecule has 0 aromatic carbocycles.